The number of phosphoric acid groups is 2. The first kappa shape index (κ1) is 94.1. The highest BCUT2D eigenvalue weighted by atomic mass is 31.2. The molecule has 0 fully saturated rings. The van der Waals surface area contributed by atoms with Gasteiger partial charge in [-0.05, 0) is 43.4 Å². The molecule has 0 aromatic rings. The van der Waals surface area contributed by atoms with Crippen molar-refractivity contribution in [3.8, 4) is 0 Å². The Bertz CT molecular complexity index is 1870. The summed E-state index contributed by atoms with van der Waals surface area (Å²) in [6.45, 7) is 11.9. The summed E-state index contributed by atoms with van der Waals surface area (Å²) in [4.78, 5) is 72.9. The van der Waals surface area contributed by atoms with Crippen molar-refractivity contribution in [3.05, 3.63) is 0 Å². The molecule has 0 radical (unpaired) electrons. The minimum atomic E-state index is -4.96. The highest BCUT2D eigenvalue weighted by molar-refractivity contribution is 7.47. The molecule has 0 amide bonds. The van der Waals surface area contributed by atoms with Gasteiger partial charge in [-0.15, -0.1) is 0 Å². The third-order valence-electron chi connectivity index (χ3n) is 17.9. The van der Waals surface area contributed by atoms with Crippen molar-refractivity contribution in [1.29, 1.82) is 0 Å². The summed E-state index contributed by atoms with van der Waals surface area (Å²) in [6, 6.07) is 0. The summed E-state index contributed by atoms with van der Waals surface area (Å²) in [7, 11) is -9.92. The van der Waals surface area contributed by atoms with Crippen molar-refractivity contribution in [1.82, 2.24) is 0 Å². The van der Waals surface area contributed by atoms with Crippen LogP contribution in [-0.4, -0.2) is 96.7 Å². The van der Waals surface area contributed by atoms with Crippen molar-refractivity contribution < 1.29 is 80.2 Å². The van der Waals surface area contributed by atoms with Crippen LogP contribution in [0, 0.1) is 17.8 Å². The Hall–Kier alpha value is -1.94. The maximum absolute atomic E-state index is 13.1. The molecule has 0 aromatic heterocycles. The van der Waals surface area contributed by atoms with Gasteiger partial charge in [0, 0.05) is 25.7 Å². The fourth-order valence-corrected chi connectivity index (χ4v) is 13.4. The van der Waals surface area contributed by atoms with E-state index in [2.05, 4.69) is 48.5 Å². The average molecular weight is 1410 g/mol. The molecular weight excluding hydrogens is 1260 g/mol. The van der Waals surface area contributed by atoms with E-state index in [9.17, 15) is 43.2 Å². The van der Waals surface area contributed by atoms with Gasteiger partial charge < -0.3 is 33.8 Å². The van der Waals surface area contributed by atoms with Gasteiger partial charge in [-0.1, -0.05) is 344 Å². The van der Waals surface area contributed by atoms with Crippen molar-refractivity contribution in [2.24, 2.45) is 17.8 Å². The molecule has 0 aromatic carbocycles. The van der Waals surface area contributed by atoms with Crippen LogP contribution in [0.1, 0.15) is 395 Å². The topological polar surface area (TPSA) is 237 Å². The number of esters is 4. The highest BCUT2D eigenvalue weighted by Gasteiger charge is 2.30. The number of carbonyl (C=O) groups excluding carboxylic acids is 4. The molecule has 5 atom stereocenters. The van der Waals surface area contributed by atoms with E-state index < -0.39 is 97.5 Å². The smallest absolute Gasteiger partial charge is 0.462 e. The zero-order valence-corrected chi connectivity index (χ0v) is 64.6. The molecule has 96 heavy (non-hydrogen) atoms. The van der Waals surface area contributed by atoms with E-state index in [1.807, 2.05) is 0 Å². The molecule has 19 heteroatoms. The molecule has 2 unspecified atom stereocenters. The van der Waals surface area contributed by atoms with E-state index in [1.54, 1.807) is 0 Å². The summed E-state index contributed by atoms with van der Waals surface area (Å²) in [5.74, 6) is 0.182. The normalized spacial score (nSPS) is 14.1. The lowest BCUT2D eigenvalue weighted by Gasteiger charge is -2.21. The van der Waals surface area contributed by atoms with Crippen LogP contribution in [-0.2, 0) is 65.4 Å². The van der Waals surface area contributed by atoms with Gasteiger partial charge in [0.25, 0.3) is 0 Å². The minimum absolute atomic E-state index is 0.106. The van der Waals surface area contributed by atoms with Crippen LogP contribution in [0.3, 0.4) is 0 Å². The molecule has 0 saturated heterocycles. The molecule has 0 heterocycles. The monoisotopic (exact) mass is 1410 g/mol. The number of rotatable bonds is 75. The molecule has 0 spiro atoms. The molecule has 3 N–H and O–H groups in total. The molecule has 0 saturated carbocycles. The second kappa shape index (κ2) is 67.5. The lowest BCUT2D eigenvalue weighted by Crippen LogP contribution is -2.30. The molecule has 17 nitrogen and oxygen atoms in total. The maximum Gasteiger partial charge on any atom is 0.472 e. The summed E-state index contributed by atoms with van der Waals surface area (Å²) in [6.07, 6.45) is 54.0. The first-order chi connectivity index (χ1) is 46.2. The number of unbranched alkanes of at least 4 members (excludes halogenated alkanes) is 43. The molecule has 0 rings (SSSR count). The standard InChI is InChI=1S/C77H150O17P2/c1-8-9-10-11-12-13-14-15-18-21-30-37-44-51-58-74(79)87-64-72(93-76(81)60-53-46-39-32-22-19-16-17-20-27-34-41-48-55-68(2)3)66-91-95(83,84)89-62-71(78)63-90-96(85,86)92-67-73(94-77(82)61-54-47-40-33-26-24-29-36-43-50-57-70(6)7)65-88-75(80)59-52-45-38-31-25-23-28-35-42-49-56-69(4)5/h68-73,78H,8-67H2,1-7H3,(H,83,84)(H,85,86)/t71-,72-,73-/m1/s1. The molecule has 0 bridgehead atoms. The van der Waals surface area contributed by atoms with Gasteiger partial charge in [0.15, 0.2) is 12.2 Å². The number of aliphatic hydroxyl groups is 1. The fourth-order valence-electron chi connectivity index (χ4n) is 11.8. The van der Waals surface area contributed by atoms with Gasteiger partial charge in [0.05, 0.1) is 26.4 Å². The summed E-state index contributed by atoms with van der Waals surface area (Å²) in [5, 5.41) is 10.6. The van der Waals surface area contributed by atoms with Gasteiger partial charge in [0.2, 0.25) is 0 Å². The van der Waals surface area contributed by atoms with E-state index in [0.717, 1.165) is 108 Å². The van der Waals surface area contributed by atoms with Crippen molar-refractivity contribution in [2.45, 2.75) is 414 Å². The fraction of sp³-hybridized carbons (Fsp3) is 0.948. The van der Waals surface area contributed by atoms with Crippen LogP contribution < -0.4 is 0 Å². The van der Waals surface area contributed by atoms with Crippen molar-refractivity contribution in [3.63, 3.8) is 0 Å². The summed E-state index contributed by atoms with van der Waals surface area (Å²) < 4.78 is 68.6. The SMILES string of the molecule is CCCCCCCCCCCCCCCCC(=O)OC[C@H](COP(=O)(O)OC[C@@H](O)COP(=O)(O)OC[C@@H](COC(=O)CCCCCCCCCCCCC(C)C)OC(=O)CCCCCCCCCCCCC(C)C)OC(=O)CCCCCCCCCCCCCCCC(C)C. The van der Waals surface area contributed by atoms with E-state index >= 15 is 0 Å². The second-order valence-corrected chi connectivity index (χ2v) is 32.1. The second-order valence-electron chi connectivity index (χ2n) is 29.2. The van der Waals surface area contributed by atoms with Gasteiger partial charge in [-0.2, -0.15) is 0 Å². The number of phosphoric ester groups is 2. The predicted molar refractivity (Wildman–Crippen MR) is 391 cm³/mol. The Morgan fingerprint density at radius 2 is 0.479 bits per heavy atom. The third kappa shape index (κ3) is 70.5. The van der Waals surface area contributed by atoms with Gasteiger partial charge in [-0.25, -0.2) is 9.13 Å². The molecule has 0 aliphatic heterocycles. The minimum Gasteiger partial charge on any atom is -0.462 e. The Kier molecular flexibility index (Phi) is 66.2. The number of hydrogen-bond donors (Lipinski definition) is 3. The zero-order chi connectivity index (χ0) is 70.9. The van der Waals surface area contributed by atoms with E-state index in [-0.39, 0.29) is 25.7 Å². The Morgan fingerprint density at radius 3 is 0.708 bits per heavy atom. The zero-order valence-electron chi connectivity index (χ0n) is 62.8. The van der Waals surface area contributed by atoms with Crippen LogP contribution in [0.4, 0.5) is 0 Å². The number of ether oxygens (including phenoxy) is 4. The quantitative estimate of drug-likeness (QED) is 0.0222. The lowest BCUT2D eigenvalue weighted by molar-refractivity contribution is -0.161. The van der Waals surface area contributed by atoms with Gasteiger partial charge in [-0.3, -0.25) is 37.3 Å². The summed E-state index contributed by atoms with van der Waals surface area (Å²) >= 11 is 0. The van der Waals surface area contributed by atoms with Crippen molar-refractivity contribution in [2.75, 3.05) is 39.6 Å². The number of aliphatic hydroxyl groups excluding tert-OH is 1. The Labute approximate surface area is 588 Å². The van der Waals surface area contributed by atoms with Crippen LogP contribution in [0.5, 0.6) is 0 Å². The molecule has 570 valence electrons. The molecule has 0 aliphatic rings. The van der Waals surface area contributed by atoms with Gasteiger partial charge >= 0.3 is 39.5 Å². The first-order valence-corrected chi connectivity index (χ1v) is 42.8. The largest absolute Gasteiger partial charge is 0.472 e. The lowest BCUT2D eigenvalue weighted by atomic mass is 10.0. The molecular formula is C77H150O17P2. The number of hydrogen-bond acceptors (Lipinski definition) is 15. The van der Waals surface area contributed by atoms with Gasteiger partial charge in [0.1, 0.15) is 19.3 Å². The van der Waals surface area contributed by atoms with Crippen LogP contribution in [0.25, 0.3) is 0 Å². The highest BCUT2D eigenvalue weighted by Crippen LogP contribution is 2.45. The van der Waals surface area contributed by atoms with Crippen LogP contribution in [0.15, 0.2) is 0 Å². The Morgan fingerprint density at radius 1 is 0.281 bits per heavy atom. The van der Waals surface area contributed by atoms with Crippen LogP contribution >= 0.6 is 15.6 Å². The average Bonchev–Trinajstić information content (AvgIpc) is 1.09. The third-order valence-corrected chi connectivity index (χ3v) is 19.8. The van der Waals surface area contributed by atoms with E-state index in [4.69, 9.17) is 37.0 Å². The van der Waals surface area contributed by atoms with Crippen LogP contribution in [0.2, 0.25) is 0 Å². The first-order valence-electron chi connectivity index (χ1n) is 39.8. The summed E-state index contributed by atoms with van der Waals surface area (Å²) in [5.41, 5.74) is 0. The number of carbonyl (C=O) groups is 4. The van der Waals surface area contributed by atoms with E-state index in [0.29, 0.717) is 25.7 Å². The maximum atomic E-state index is 13.1. The molecule has 0 aliphatic carbocycles. The van der Waals surface area contributed by atoms with E-state index in [1.165, 1.54) is 205 Å². The van der Waals surface area contributed by atoms with Crippen molar-refractivity contribution >= 4 is 39.5 Å². The predicted octanol–water partition coefficient (Wildman–Crippen LogP) is 22.6. The Balaban J connectivity index is 5.27.